The van der Waals surface area contributed by atoms with Crippen molar-refractivity contribution >= 4 is 44.8 Å². The summed E-state index contributed by atoms with van der Waals surface area (Å²) in [6.45, 7) is 0. The van der Waals surface area contributed by atoms with Gasteiger partial charge in [0.2, 0.25) is 0 Å². The minimum Gasteiger partial charge on any atom is -0.319 e. The summed E-state index contributed by atoms with van der Waals surface area (Å²) in [6, 6.07) is 12.8. The molecular formula is C19H12BrClN4O. The van der Waals surface area contributed by atoms with E-state index in [0.717, 1.165) is 15.7 Å². The molecule has 7 heteroatoms. The lowest BCUT2D eigenvalue weighted by atomic mass is 10.1. The van der Waals surface area contributed by atoms with E-state index in [-0.39, 0.29) is 5.91 Å². The maximum absolute atomic E-state index is 12.6. The molecule has 4 rings (SSSR count). The third kappa shape index (κ3) is 3.09. The fraction of sp³-hybridized carbons (Fsp3) is 0. The molecule has 0 unspecified atom stereocenters. The van der Waals surface area contributed by atoms with Crippen molar-refractivity contribution in [3.63, 3.8) is 0 Å². The van der Waals surface area contributed by atoms with E-state index in [0.29, 0.717) is 21.9 Å². The molecule has 0 bridgehead atoms. The van der Waals surface area contributed by atoms with Gasteiger partial charge in [-0.25, -0.2) is 4.98 Å². The zero-order valence-electron chi connectivity index (χ0n) is 13.4. The standard InChI is InChI=1S/C19H12BrClN4O/c20-17-10-23-18-16(24-19(26)12-5-7-22-8-6-12)9-13(11-25(17)18)14-3-1-2-4-15(14)21/h1-11H,(H,24,26). The van der Waals surface area contributed by atoms with Crippen LogP contribution in [0.5, 0.6) is 0 Å². The SMILES string of the molecule is O=C(Nc1cc(-c2ccccc2Cl)cn2c(Br)cnc12)c1ccncc1. The summed E-state index contributed by atoms with van der Waals surface area (Å²) < 4.78 is 2.64. The van der Waals surface area contributed by atoms with E-state index in [2.05, 4.69) is 31.2 Å². The Morgan fingerprint density at radius 1 is 1.15 bits per heavy atom. The zero-order valence-corrected chi connectivity index (χ0v) is 15.7. The minimum atomic E-state index is -0.232. The number of pyridine rings is 2. The lowest BCUT2D eigenvalue weighted by molar-refractivity contribution is 0.102. The molecule has 26 heavy (non-hydrogen) atoms. The topological polar surface area (TPSA) is 59.3 Å². The van der Waals surface area contributed by atoms with E-state index in [4.69, 9.17) is 11.6 Å². The molecule has 0 fully saturated rings. The van der Waals surface area contributed by atoms with Gasteiger partial charge >= 0.3 is 0 Å². The second-order valence-electron chi connectivity index (χ2n) is 5.59. The van der Waals surface area contributed by atoms with Crippen LogP contribution in [0.15, 0.2) is 71.9 Å². The molecule has 0 saturated carbocycles. The van der Waals surface area contributed by atoms with E-state index in [1.807, 2.05) is 40.9 Å². The molecule has 0 aliphatic heterocycles. The van der Waals surface area contributed by atoms with Gasteiger partial charge in [0.05, 0.1) is 11.9 Å². The first-order valence-corrected chi connectivity index (χ1v) is 8.93. The van der Waals surface area contributed by atoms with Crippen LogP contribution in [0.3, 0.4) is 0 Å². The smallest absolute Gasteiger partial charge is 0.255 e. The molecule has 0 aliphatic rings. The van der Waals surface area contributed by atoms with Crippen molar-refractivity contribution in [2.75, 3.05) is 5.32 Å². The van der Waals surface area contributed by atoms with Crippen LogP contribution in [-0.2, 0) is 0 Å². The molecule has 0 atom stereocenters. The number of amides is 1. The third-order valence-corrected chi connectivity index (χ3v) is 4.85. The second kappa shape index (κ2) is 6.90. The van der Waals surface area contributed by atoms with Crippen LogP contribution >= 0.6 is 27.5 Å². The van der Waals surface area contributed by atoms with E-state index in [9.17, 15) is 4.79 Å². The molecule has 1 amide bonds. The Morgan fingerprint density at radius 3 is 2.69 bits per heavy atom. The lowest BCUT2D eigenvalue weighted by Crippen LogP contribution is -2.13. The molecule has 5 nitrogen and oxygen atoms in total. The highest BCUT2D eigenvalue weighted by atomic mass is 79.9. The van der Waals surface area contributed by atoms with Crippen molar-refractivity contribution in [2.24, 2.45) is 0 Å². The number of nitrogens with one attached hydrogen (secondary N) is 1. The zero-order chi connectivity index (χ0) is 18.1. The van der Waals surface area contributed by atoms with Crippen LogP contribution in [0, 0.1) is 0 Å². The summed E-state index contributed by atoms with van der Waals surface area (Å²) in [5.74, 6) is -0.232. The van der Waals surface area contributed by atoms with Crippen molar-refractivity contribution < 1.29 is 4.79 Å². The van der Waals surface area contributed by atoms with E-state index >= 15 is 0 Å². The summed E-state index contributed by atoms with van der Waals surface area (Å²) in [7, 11) is 0. The Hall–Kier alpha value is -2.70. The van der Waals surface area contributed by atoms with Crippen LogP contribution in [0.25, 0.3) is 16.8 Å². The third-order valence-electron chi connectivity index (χ3n) is 3.94. The van der Waals surface area contributed by atoms with Crippen molar-refractivity contribution in [1.29, 1.82) is 0 Å². The molecule has 0 radical (unpaired) electrons. The number of hydrogen-bond donors (Lipinski definition) is 1. The normalized spacial score (nSPS) is 10.8. The maximum Gasteiger partial charge on any atom is 0.255 e. The average molecular weight is 428 g/mol. The van der Waals surface area contributed by atoms with Crippen molar-refractivity contribution in [3.05, 3.63) is 82.4 Å². The van der Waals surface area contributed by atoms with Crippen LogP contribution < -0.4 is 5.32 Å². The average Bonchev–Trinajstić information content (AvgIpc) is 3.04. The molecule has 0 saturated heterocycles. The van der Waals surface area contributed by atoms with Crippen molar-refractivity contribution in [1.82, 2.24) is 14.4 Å². The number of benzene rings is 1. The van der Waals surface area contributed by atoms with Gasteiger partial charge in [0.1, 0.15) is 4.60 Å². The number of hydrogen-bond acceptors (Lipinski definition) is 3. The Balaban J connectivity index is 1.83. The fourth-order valence-corrected chi connectivity index (χ4v) is 3.31. The van der Waals surface area contributed by atoms with Gasteiger partial charge < -0.3 is 5.32 Å². The monoisotopic (exact) mass is 426 g/mol. The van der Waals surface area contributed by atoms with Crippen LogP contribution in [0.4, 0.5) is 5.69 Å². The molecule has 0 aliphatic carbocycles. The summed E-state index contributed by atoms with van der Waals surface area (Å²) in [5.41, 5.74) is 3.49. The number of carbonyl (C=O) groups excluding carboxylic acids is 1. The number of carbonyl (C=O) groups is 1. The Labute approximate surface area is 162 Å². The first kappa shape index (κ1) is 16.8. The first-order valence-electron chi connectivity index (χ1n) is 7.76. The predicted molar refractivity (Wildman–Crippen MR) is 106 cm³/mol. The highest BCUT2D eigenvalue weighted by molar-refractivity contribution is 9.10. The van der Waals surface area contributed by atoms with Crippen LogP contribution in [0.1, 0.15) is 10.4 Å². The van der Waals surface area contributed by atoms with Crippen molar-refractivity contribution in [3.8, 4) is 11.1 Å². The molecule has 1 N–H and O–H groups in total. The van der Waals surface area contributed by atoms with Crippen LogP contribution in [0.2, 0.25) is 5.02 Å². The highest BCUT2D eigenvalue weighted by Gasteiger charge is 2.14. The molecule has 3 aromatic heterocycles. The maximum atomic E-state index is 12.6. The number of rotatable bonds is 3. The Bertz CT molecular complexity index is 1110. The fourth-order valence-electron chi connectivity index (χ4n) is 2.69. The van der Waals surface area contributed by atoms with Crippen molar-refractivity contribution in [2.45, 2.75) is 0 Å². The number of nitrogens with zero attached hydrogens (tertiary/aromatic N) is 3. The molecule has 3 heterocycles. The first-order chi connectivity index (χ1) is 12.6. The van der Waals surface area contributed by atoms with Gasteiger partial charge in [-0.2, -0.15) is 0 Å². The van der Waals surface area contributed by atoms with Gasteiger partial charge in [0.15, 0.2) is 5.65 Å². The molecule has 1 aromatic carbocycles. The summed E-state index contributed by atoms with van der Waals surface area (Å²) >= 11 is 9.83. The summed E-state index contributed by atoms with van der Waals surface area (Å²) in [6.07, 6.45) is 6.77. The number of halogens is 2. The summed E-state index contributed by atoms with van der Waals surface area (Å²) in [4.78, 5) is 20.9. The second-order valence-corrected chi connectivity index (χ2v) is 6.81. The number of anilines is 1. The van der Waals surface area contributed by atoms with Gasteiger partial charge in [-0.15, -0.1) is 0 Å². The Morgan fingerprint density at radius 2 is 1.92 bits per heavy atom. The van der Waals surface area contributed by atoms with E-state index in [1.165, 1.54) is 0 Å². The number of imidazole rings is 1. The van der Waals surface area contributed by atoms with Gasteiger partial charge in [0.25, 0.3) is 5.91 Å². The number of aromatic nitrogens is 3. The Kier molecular flexibility index (Phi) is 4.44. The highest BCUT2D eigenvalue weighted by Crippen LogP contribution is 2.32. The van der Waals surface area contributed by atoms with Gasteiger partial charge in [-0.1, -0.05) is 29.8 Å². The number of fused-ring (bicyclic) bond motifs is 1. The largest absolute Gasteiger partial charge is 0.319 e. The van der Waals surface area contributed by atoms with Gasteiger partial charge in [0, 0.05) is 40.3 Å². The molecular weight excluding hydrogens is 416 g/mol. The summed E-state index contributed by atoms with van der Waals surface area (Å²) in [5, 5.41) is 3.56. The van der Waals surface area contributed by atoms with E-state index in [1.54, 1.807) is 30.7 Å². The lowest BCUT2D eigenvalue weighted by Gasteiger charge is -2.11. The van der Waals surface area contributed by atoms with Crippen LogP contribution in [-0.4, -0.2) is 20.3 Å². The molecule has 0 spiro atoms. The van der Waals surface area contributed by atoms with E-state index < -0.39 is 0 Å². The molecule has 128 valence electrons. The quantitative estimate of drug-likeness (QED) is 0.497. The van der Waals surface area contributed by atoms with Gasteiger partial charge in [-0.3, -0.25) is 14.2 Å². The molecule has 4 aromatic rings. The predicted octanol–water partition coefficient (Wildman–Crippen LogP) is 5.06. The minimum absolute atomic E-state index is 0.232. The van der Waals surface area contributed by atoms with Gasteiger partial charge in [-0.05, 0) is 40.2 Å².